The number of nitrogens with zero attached hydrogens (tertiary/aromatic N) is 1. The second kappa shape index (κ2) is 8.80. The van der Waals surface area contributed by atoms with Gasteiger partial charge in [-0.25, -0.2) is 4.74 Å². The minimum atomic E-state index is -4.55. The molecule has 0 saturated heterocycles. The smallest absolute Gasteiger partial charge is 0.418 e. The van der Waals surface area contributed by atoms with Crippen molar-refractivity contribution >= 4 is 50.3 Å². The van der Waals surface area contributed by atoms with Crippen LogP contribution in [0.3, 0.4) is 0 Å². The molecule has 0 aliphatic rings. The molecule has 1 atom stereocenters. The first kappa shape index (κ1) is 24.1. The fraction of sp³-hybridized carbons (Fsp3) is 0.273. The Balaban J connectivity index is 2.38. The van der Waals surface area contributed by atoms with Crippen molar-refractivity contribution < 1.29 is 22.1 Å². The molecular formula is C22H21Br2F3NO2P. The lowest BCUT2D eigenvalue weighted by atomic mass is 10.2. The van der Waals surface area contributed by atoms with Gasteiger partial charge in [-0.05, 0) is 65.3 Å². The maximum Gasteiger partial charge on any atom is 0.418 e. The number of aryl methyl sites for hydroxylation is 1. The molecule has 0 aliphatic carbocycles. The van der Waals surface area contributed by atoms with Gasteiger partial charge in [-0.3, -0.25) is 0 Å². The summed E-state index contributed by atoms with van der Waals surface area (Å²) >= 11 is 6.89. The lowest BCUT2D eigenvalue weighted by molar-refractivity contribution is -0.137. The van der Waals surface area contributed by atoms with E-state index in [-0.39, 0.29) is 5.69 Å². The highest BCUT2D eigenvalue weighted by Gasteiger charge is 2.43. The van der Waals surface area contributed by atoms with Crippen LogP contribution in [0.2, 0.25) is 0 Å². The topological polar surface area (TPSA) is 34.7 Å². The van der Waals surface area contributed by atoms with Gasteiger partial charge in [-0.15, -0.1) is 0 Å². The van der Waals surface area contributed by atoms with Crippen molar-refractivity contribution in [3.05, 3.63) is 74.9 Å². The van der Waals surface area contributed by atoms with Gasteiger partial charge in [0.05, 0.1) is 15.7 Å². The van der Waals surface area contributed by atoms with Crippen molar-refractivity contribution in [2.24, 2.45) is 4.74 Å². The summed E-state index contributed by atoms with van der Waals surface area (Å²) in [4.78, 5) is 0. The van der Waals surface area contributed by atoms with E-state index in [1.54, 1.807) is 31.2 Å². The van der Waals surface area contributed by atoms with Crippen LogP contribution in [0.5, 0.6) is 5.75 Å². The molecule has 2 aromatic carbocycles. The van der Waals surface area contributed by atoms with Crippen LogP contribution in [-0.4, -0.2) is 5.16 Å². The Morgan fingerprint density at radius 1 is 0.968 bits per heavy atom. The van der Waals surface area contributed by atoms with Crippen molar-refractivity contribution in [1.29, 1.82) is 0 Å². The van der Waals surface area contributed by atoms with E-state index in [4.69, 9.17) is 13.7 Å². The van der Waals surface area contributed by atoms with Crippen LogP contribution in [-0.2, 0) is 6.18 Å². The zero-order valence-corrected chi connectivity index (χ0v) is 21.4. The molecule has 31 heavy (non-hydrogen) atoms. The van der Waals surface area contributed by atoms with E-state index in [1.165, 1.54) is 18.2 Å². The van der Waals surface area contributed by atoms with Gasteiger partial charge in [0.15, 0.2) is 5.50 Å². The number of furan rings is 1. The highest BCUT2D eigenvalue weighted by atomic mass is 79.9. The summed E-state index contributed by atoms with van der Waals surface area (Å²) in [6, 6.07) is 14.1. The molecule has 9 heteroatoms. The Morgan fingerprint density at radius 3 is 2.19 bits per heavy atom. The summed E-state index contributed by atoms with van der Waals surface area (Å²) < 4.78 is 59.9. The standard InChI is InChI=1S/C22H21Br2F3NO2P/c1-14-9-12-20(29-14)31(21(2,3)4,30-19-11-10-15(23)13-17(19)24)28-18-8-6-5-7-16(18)22(25,26)27/h5-13H,1-4H3/t31-/m1/s1. The average Bonchev–Trinajstić information content (AvgIpc) is 3.08. The number of rotatable bonds is 4. The van der Waals surface area contributed by atoms with E-state index < -0.39 is 24.2 Å². The predicted octanol–water partition coefficient (Wildman–Crippen LogP) is 9.08. The molecule has 3 rings (SSSR count). The maximum absolute atomic E-state index is 13.7. The molecule has 0 N–H and O–H groups in total. The normalized spacial score (nSPS) is 14.2. The Hall–Kier alpha value is -1.50. The monoisotopic (exact) mass is 577 g/mol. The second-order valence-electron chi connectivity index (χ2n) is 7.91. The number of hydrogen-bond donors (Lipinski definition) is 0. The summed E-state index contributed by atoms with van der Waals surface area (Å²) in [5, 5.41) is -0.678. The lowest BCUT2D eigenvalue weighted by Gasteiger charge is -2.35. The van der Waals surface area contributed by atoms with Crippen LogP contribution in [0, 0.1) is 6.92 Å². The first-order valence-electron chi connectivity index (χ1n) is 9.34. The Labute approximate surface area is 196 Å². The van der Waals surface area contributed by atoms with Crippen molar-refractivity contribution in [1.82, 2.24) is 0 Å². The van der Waals surface area contributed by atoms with E-state index in [0.717, 1.165) is 10.5 Å². The summed E-state index contributed by atoms with van der Waals surface area (Å²) in [5.41, 5.74) is -0.574. The molecule has 0 spiro atoms. The predicted molar refractivity (Wildman–Crippen MR) is 126 cm³/mol. The van der Waals surface area contributed by atoms with Gasteiger partial charge >= 0.3 is 6.18 Å². The maximum atomic E-state index is 13.7. The molecule has 1 heterocycles. The third-order valence-electron chi connectivity index (χ3n) is 4.52. The molecule has 0 radical (unpaired) electrons. The van der Waals surface area contributed by atoms with Crippen LogP contribution >= 0.6 is 39.1 Å². The molecule has 0 bridgehead atoms. The number of halogens is 5. The molecule has 3 aromatic rings. The van der Waals surface area contributed by atoms with Crippen molar-refractivity contribution in [3.8, 4) is 5.75 Å². The molecule has 0 amide bonds. The van der Waals surface area contributed by atoms with Crippen LogP contribution in [0.25, 0.3) is 0 Å². The van der Waals surface area contributed by atoms with E-state index in [1.807, 2.05) is 26.8 Å². The zero-order valence-electron chi connectivity index (χ0n) is 17.3. The van der Waals surface area contributed by atoms with Crippen LogP contribution < -0.4 is 10.0 Å². The molecule has 0 saturated carbocycles. The fourth-order valence-corrected chi connectivity index (χ4v) is 7.14. The summed E-state index contributed by atoms with van der Waals surface area (Å²) in [6.45, 7) is 7.46. The largest absolute Gasteiger partial charge is 0.457 e. The molecule has 0 fully saturated rings. The molecule has 0 aliphatic heterocycles. The first-order chi connectivity index (χ1) is 14.3. The van der Waals surface area contributed by atoms with Crippen molar-refractivity contribution in [3.63, 3.8) is 0 Å². The first-order valence-corrected chi connectivity index (χ1v) is 12.6. The SMILES string of the molecule is Cc1ccc([P@@](=Nc2ccccc2C(F)(F)F)(Oc2ccc(Br)cc2Br)C(C)(C)C)o1. The van der Waals surface area contributed by atoms with Gasteiger partial charge in [0, 0.05) is 9.63 Å². The molecular weight excluding hydrogens is 558 g/mol. The van der Waals surface area contributed by atoms with Gasteiger partial charge in [-0.1, -0.05) is 48.8 Å². The summed E-state index contributed by atoms with van der Waals surface area (Å²) in [6.07, 6.45) is -4.55. The van der Waals surface area contributed by atoms with E-state index in [2.05, 4.69) is 31.9 Å². The Bertz CT molecular complexity index is 1150. The highest BCUT2D eigenvalue weighted by Crippen LogP contribution is 2.63. The van der Waals surface area contributed by atoms with Gasteiger partial charge in [0.25, 0.3) is 0 Å². The van der Waals surface area contributed by atoms with Crippen LogP contribution in [0.1, 0.15) is 32.1 Å². The summed E-state index contributed by atoms with van der Waals surface area (Å²) in [5.74, 6) is 1.09. The van der Waals surface area contributed by atoms with Crippen LogP contribution in [0.4, 0.5) is 18.9 Å². The van der Waals surface area contributed by atoms with E-state index in [0.29, 0.717) is 21.5 Å². The van der Waals surface area contributed by atoms with E-state index in [9.17, 15) is 13.2 Å². The lowest BCUT2D eigenvalue weighted by Crippen LogP contribution is -2.26. The number of alkyl halides is 3. The van der Waals surface area contributed by atoms with E-state index >= 15 is 0 Å². The number of hydrogen-bond acceptors (Lipinski definition) is 3. The third kappa shape index (κ3) is 5.12. The van der Waals surface area contributed by atoms with Crippen molar-refractivity contribution in [2.75, 3.05) is 0 Å². The van der Waals surface area contributed by atoms with Gasteiger partial charge < -0.3 is 8.94 Å². The van der Waals surface area contributed by atoms with Crippen LogP contribution in [0.15, 0.2) is 72.7 Å². The molecule has 1 aromatic heterocycles. The highest BCUT2D eigenvalue weighted by molar-refractivity contribution is 9.11. The minimum Gasteiger partial charge on any atom is -0.457 e. The Morgan fingerprint density at radius 2 is 1.65 bits per heavy atom. The summed E-state index contributed by atoms with van der Waals surface area (Å²) in [7, 11) is -3.18. The number of benzene rings is 2. The average molecular weight is 579 g/mol. The van der Waals surface area contributed by atoms with Gasteiger partial charge in [0.2, 0.25) is 7.28 Å². The minimum absolute atomic E-state index is 0.180. The van der Waals surface area contributed by atoms with Gasteiger partial charge in [-0.2, -0.15) is 13.2 Å². The second-order valence-corrected chi connectivity index (χ2v) is 13.0. The fourth-order valence-electron chi connectivity index (χ4n) is 2.96. The Kier molecular flexibility index (Phi) is 6.85. The molecule has 0 unspecified atom stereocenters. The molecule has 3 nitrogen and oxygen atoms in total. The zero-order chi connectivity index (χ0) is 23.0. The third-order valence-corrected chi connectivity index (χ3v) is 9.24. The van der Waals surface area contributed by atoms with Gasteiger partial charge in [0.1, 0.15) is 11.5 Å². The molecule has 166 valence electrons. The quantitative estimate of drug-likeness (QED) is 0.289. The van der Waals surface area contributed by atoms with Crippen molar-refractivity contribution in [2.45, 2.75) is 39.0 Å².